The van der Waals surface area contributed by atoms with Gasteiger partial charge in [0.05, 0.1) is 11.7 Å². The first-order chi connectivity index (χ1) is 8.43. The molecule has 1 heterocycles. The molecule has 3 amide bonds. The van der Waals surface area contributed by atoms with Crippen molar-refractivity contribution in [2.24, 2.45) is 12.8 Å². The first kappa shape index (κ1) is 14.2. The molecule has 0 saturated carbocycles. The van der Waals surface area contributed by atoms with E-state index in [0.717, 1.165) is 17.7 Å². The largest absolute Gasteiger partial charge is 0.351 e. The standard InChI is InChI=1S/C11H19N5O2/c1-4-9-8(6-16(3)15-9)5-13-7(2)10(17)14-11(12)18/h6-7,13H,4-5H2,1-3H3,(H3,12,14,17,18). The molecular formula is C11H19N5O2. The molecule has 7 heteroatoms. The number of imide groups is 1. The Morgan fingerprint density at radius 3 is 2.78 bits per heavy atom. The van der Waals surface area contributed by atoms with E-state index >= 15 is 0 Å². The number of urea groups is 1. The van der Waals surface area contributed by atoms with Crippen LogP contribution in [0.5, 0.6) is 0 Å². The van der Waals surface area contributed by atoms with Crippen LogP contribution in [0.15, 0.2) is 6.20 Å². The second kappa shape index (κ2) is 6.15. The number of hydrogen-bond donors (Lipinski definition) is 3. The Hall–Kier alpha value is -1.89. The van der Waals surface area contributed by atoms with E-state index in [1.165, 1.54) is 0 Å². The Bertz CT molecular complexity index is 441. The number of nitrogens with one attached hydrogen (secondary N) is 2. The molecule has 0 aliphatic heterocycles. The Morgan fingerprint density at radius 1 is 1.56 bits per heavy atom. The zero-order valence-corrected chi connectivity index (χ0v) is 10.9. The highest BCUT2D eigenvalue weighted by Gasteiger charge is 2.14. The normalized spacial score (nSPS) is 12.2. The van der Waals surface area contributed by atoms with E-state index in [9.17, 15) is 9.59 Å². The van der Waals surface area contributed by atoms with Crippen molar-refractivity contribution in [2.45, 2.75) is 32.9 Å². The first-order valence-corrected chi connectivity index (χ1v) is 5.79. The summed E-state index contributed by atoms with van der Waals surface area (Å²) >= 11 is 0. The highest BCUT2D eigenvalue weighted by Crippen LogP contribution is 2.06. The van der Waals surface area contributed by atoms with Gasteiger partial charge in [-0.2, -0.15) is 5.10 Å². The van der Waals surface area contributed by atoms with E-state index in [1.54, 1.807) is 11.6 Å². The summed E-state index contributed by atoms with van der Waals surface area (Å²) in [7, 11) is 1.85. The Labute approximate surface area is 106 Å². The second-order valence-electron chi connectivity index (χ2n) is 4.08. The highest BCUT2D eigenvalue weighted by atomic mass is 16.2. The second-order valence-corrected chi connectivity index (χ2v) is 4.08. The predicted molar refractivity (Wildman–Crippen MR) is 66.6 cm³/mol. The van der Waals surface area contributed by atoms with Gasteiger partial charge in [-0.25, -0.2) is 4.79 Å². The van der Waals surface area contributed by atoms with Crippen molar-refractivity contribution in [3.8, 4) is 0 Å². The lowest BCUT2D eigenvalue weighted by atomic mass is 10.2. The Balaban J connectivity index is 2.54. The molecule has 18 heavy (non-hydrogen) atoms. The summed E-state index contributed by atoms with van der Waals surface area (Å²) in [5, 5.41) is 9.35. The number of carbonyl (C=O) groups excluding carboxylic acids is 2. The molecule has 1 unspecified atom stereocenters. The van der Waals surface area contributed by atoms with Crippen LogP contribution in [-0.2, 0) is 24.8 Å². The number of carbonyl (C=O) groups is 2. The van der Waals surface area contributed by atoms with Crippen LogP contribution in [0.2, 0.25) is 0 Å². The molecule has 0 bridgehead atoms. The van der Waals surface area contributed by atoms with Gasteiger partial charge in [-0.05, 0) is 13.3 Å². The molecule has 1 aromatic heterocycles. The molecule has 0 aliphatic carbocycles. The van der Waals surface area contributed by atoms with Gasteiger partial charge < -0.3 is 11.1 Å². The van der Waals surface area contributed by atoms with E-state index in [2.05, 4.69) is 10.4 Å². The Morgan fingerprint density at radius 2 is 2.22 bits per heavy atom. The van der Waals surface area contributed by atoms with Crippen LogP contribution in [-0.4, -0.2) is 27.8 Å². The lowest BCUT2D eigenvalue weighted by Gasteiger charge is -2.12. The third-order valence-electron chi connectivity index (χ3n) is 2.57. The van der Waals surface area contributed by atoms with Gasteiger partial charge in [0.15, 0.2) is 0 Å². The summed E-state index contributed by atoms with van der Waals surface area (Å²) in [6.07, 6.45) is 2.74. The van der Waals surface area contributed by atoms with E-state index < -0.39 is 18.0 Å². The molecule has 0 aromatic carbocycles. The van der Waals surface area contributed by atoms with Crippen LogP contribution in [0.4, 0.5) is 4.79 Å². The Kier molecular flexibility index (Phi) is 4.85. The molecule has 1 atom stereocenters. The van der Waals surface area contributed by atoms with Crippen LogP contribution in [0.3, 0.4) is 0 Å². The van der Waals surface area contributed by atoms with Crippen molar-refractivity contribution in [2.75, 3.05) is 0 Å². The van der Waals surface area contributed by atoms with Crippen molar-refractivity contribution >= 4 is 11.9 Å². The lowest BCUT2D eigenvalue weighted by molar-refractivity contribution is -0.121. The molecule has 0 fully saturated rings. The molecule has 0 radical (unpaired) electrons. The van der Waals surface area contributed by atoms with E-state index in [4.69, 9.17) is 5.73 Å². The zero-order chi connectivity index (χ0) is 13.7. The van der Waals surface area contributed by atoms with E-state index in [0.29, 0.717) is 6.54 Å². The van der Waals surface area contributed by atoms with Gasteiger partial charge in [0.2, 0.25) is 5.91 Å². The average molecular weight is 253 g/mol. The van der Waals surface area contributed by atoms with Crippen LogP contribution in [0, 0.1) is 0 Å². The molecule has 0 saturated heterocycles. The van der Waals surface area contributed by atoms with Gasteiger partial charge in [-0.15, -0.1) is 0 Å². The van der Waals surface area contributed by atoms with Crippen molar-refractivity contribution < 1.29 is 9.59 Å². The van der Waals surface area contributed by atoms with Crippen molar-refractivity contribution in [3.05, 3.63) is 17.5 Å². The van der Waals surface area contributed by atoms with Crippen LogP contribution >= 0.6 is 0 Å². The summed E-state index contributed by atoms with van der Waals surface area (Å²) in [6, 6.07) is -1.34. The minimum atomic E-state index is -0.843. The number of hydrogen-bond acceptors (Lipinski definition) is 4. The SMILES string of the molecule is CCc1nn(C)cc1CNC(C)C(=O)NC(N)=O. The fourth-order valence-electron chi connectivity index (χ4n) is 1.61. The maximum Gasteiger partial charge on any atom is 0.318 e. The fourth-order valence-corrected chi connectivity index (χ4v) is 1.61. The molecule has 4 N–H and O–H groups in total. The van der Waals surface area contributed by atoms with Crippen LogP contribution in [0.25, 0.3) is 0 Å². The number of nitrogens with zero attached hydrogens (tertiary/aromatic N) is 2. The van der Waals surface area contributed by atoms with Gasteiger partial charge in [0, 0.05) is 25.4 Å². The highest BCUT2D eigenvalue weighted by molar-refractivity contribution is 5.96. The first-order valence-electron chi connectivity index (χ1n) is 5.79. The maximum absolute atomic E-state index is 11.4. The van der Waals surface area contributed by atoms with E-state index in [-0.39, 0.29) is 0 Å². The van der Waals surface area contributed by atoms with Gasteiger partial charge in [0.1, 0.15) is 0 Å². The topological polar surface area (TPSA) is 102 Å². The molecular weight excluding hydrogens is 234 g/mol. The summed E-state index contributed by atoms with van der Waals surface area (Å²) in [5.74, 6) is -0.440. The summed E-state index contributed by atoms with van der Waals surface area (Å²) < 4.78 is 1.74. The van der Waals surface area contributed by atoms with Crippen molar-refractivity contribution in [1.82, 2.24) is 20.4 Å². The number of rotatable bonds is 5. The smallest absolute Gasteiger partial charge is 0.318 e. The van der Waals surface area contributed by atoms with Crippen LogP contribution < -0.4 is 16.4 Å². The van der Waals surface area contributed by atoms with Gasteiger partial charge >= 0.3 is 6.03 Å². The number of aromatic nitrogens is 2. The molecule has 1 rings (SSSR count). The third kappa shape index (κ3) is 3.85. The number of nitrogens with two attached hydrogens (primary N) is 1. The minimum absolute atomic E-state index is 0.440. The van der Waals surface area contributed by atoms with Crippen molar-refractivity contribution in [1.29, 1.82) is 0 Å². The molecule has 0 spiro atoms. The molecule has 7 nitrogen and oxygen atoms in total. The third-order valence-corrected chi connectivity index (χ3v) is 2.57. The van der Waals surface area contributed by atoms with Gasteiger partial charge in [0.25, 0.3) is 0 Å². The summed E-state index contributed by atoms with van der Waals surface area (Å²) in [5.41, 5.74) is 6.91. The van der Waals surface area contributed by atoms with Crippen LogP contribution in [0.1, 0.15) is 25.1 Å². The van der Waals surface area contributed by atoms with E-state index in [1.807, 2.05) is 25.5 Å². The maximum atomic E-state index is 11.4. The predicted octanol–water partition coefficient (Wildman–Crippen LogP) is -0.344. The van der Waals surface area contributed by atoms with Crippen molar-refractivity contribution in [3.63, 3.8) is 0 Å². The quantitative estimate of drug-likeness (QED) is 0.667. The lowest BCUT2D eigenvalue weighted by Crippen LogP contribution is -2.46. The zero-order valence-electron chi connectivity index (χ0n) is 10.9. The fraction of sp³-hybridized carbons (Fsp3) is 0.545. The van der Waals surface area contributed by atoms with Gasteiger partial charge in [-0.3, -0.25) is 14.8 Å². The summed E-state index contributed by atoms with van der Waals surface area (Å²) in [6.45, 7) is 4.21. The monoisotopic (exact) mass is 253 g/mol. The molecule has 0 aliphatic rings. The minimum Gasteiger partial charge on any atom is -0.351 e. The number of amides is 3. The molecule has 1 aromatic rings. The average Bonchev–Trinajstić information content (AvgIpc) is 2.65. The molecule has 100 valence electrons. The van der Waals surface area contributed by atoms with Gasteiger partial charge in [-0.1, -0.05) is 6.92 Å². The number of aryl methyl sites for hydroxylation is 2. The number of primary amides is 1. The summed E-state index contributed by atoms with van der Waals surface area (Å²) in [4.78, 5) is 22.0.